The van der Waals surface area contributed by atoms with E-state index in [0.717, 1.165) is 6.07 Å². The Bertz CT molecular complexity index is 820. The zero-order valence-corrected chi connectivity index (χ0v) is 15.8. The number of pyridine rings is 1. The van der Waals surface area contributed by atoms with Gasteiger partial charge in [0.05, 0.1) is 17.3 Å². The molecule has 0 radical (unpaired) electrons. The number of halogens is 2. The molecule has 1 aromatic carbocycles. The van der Waals surface area contributed by atoms with E-state index >= 15 is 0 Å². The molecule has 2 amide bonds. The van der Waals surface area contributed by atoms with Crippen LogP contribution in [0, 0.1) is 5.82 Å². The Morgan fingerprint density at radius 2 is 1.89 bits per heavy atom. The van der Waals surface area contributed by atoms with Gasteiger partial charge in [0.1, 0.15) is 11.6 Å². The molecule has 0 aliphatic carbocycles. The van der Waals surface area contributed by atoms with Gasteiger partial charge in [0, 0.05) is 30.9 Å². The topological polar surface area (TPSA) is 101 Å². The van der Waals surface area contributed by atoms with Crippen LogP contribution in [-0.4, -0.2) is 41.6 Å². The van der Waals surface area contributed by atoms with Gasteiger partial charge in [0.15, 0.2) is 6.61 Å². The van der Waals surface area contributed by atoms with Crippen LogP contribution in [-0.2, 0) is 11.4 Å². The van der Waals surface area contributed by atoms with Crippen molar-refractivity contribution in [2.75, 3.05) is 19.7 Å². The lowest BCUT2D eigenvalue weighted by molar-refractivity contribution is -0.123. The fraction of sp³-hybridized carbons (Fsp3) is 0.316. The Morgan fingerprint density at radius 3 is 2.61 bits per heavy atom. The summed E-state index contributed by atoms with van der Waals surface area (Å²) in [5, 5.41) is 14.5. The second kappa shape index (κ2) is 11.2. The van der Waals surface area contributed by atoms with Crippen LogP contribution in [0.15, 0.2) is 36.5 Å². The molecule has 2 aromatic rings. The van der Waals surface area contributed by atoms with Crippen molar-refractivity contribution in [1.29, 1.82) is 0 Å². The van der Waals surface area contributed by atoms with Crippen molar-refractivity contribution in [2.24, 2.45) is 0 Å². The van der Waals surface area contributed by atoms with Gasteiger partial charge < -0.3 is 20.5 Å². The SMILES string of the molecule is O=C(COc1ccc(Cl)c(F)c1)NCCCCNC(=O)c1ccnc(CO)c1. The van der Waals surface area contributed by atoms with E-state index in [9.17, 15) is 14.0 Å². The van der Waals surface area contributed by atoms with Gasteiger partial charge in [0.25, 0.3) is 11.8 Å². The first-order valence-electron chi connectivity index (χ1n) is 8.68. The van der Waals surface area contributed by atoms with Gasteiger partial charge in [-0.3, -0.25) is 14.6 Å². The average molecular weight is 410 g/mol. The lowest BCUT2D eigenvalue weighted by Crippen LogP contribution is -2.30. The number of unbranched alkanes of at least 4 members (excludes halogenated alkanes) is 1. The van der Waals surface area contributed by atoms with Crippen molar-refractivity contribution in [3.05, 3.63) is 58.6 Å². The molecule has 0 aliphatic heterocycles. The summed E-state index contributed by atoms with van der Waals surface area (Å²) >= 11 is 5.57. The third-order valence-corrected chi connectivity index (χ3v) is 4.02. The number of aliphatic hydroxyl groups excluding tert-OH is 1. The van der Waals surface area contributed by atoms with Crippen molar-refractivity contribution in [3.63, 3.8) is 0 Å². The summed E-state index contributed by atoms with van der Waals surface area (Å²) in [7, 11) is 0. The molecule has 7 nitrogen and oxygen atoms in total. The smallest absolute Gasteiger partial charge is 0.257 e. The maximum Gasteiger partial charge on any atom is 0.257 e. The summed E-state index contributed by atoms with van der Waals surface area (Å²) in [6.07, 6.45) is 2.81. The molecule has 9 heteroatoms. The highest BCUT2D eigenvalue weighted by molar-refractivity contribution is 6.30. The van der Waals surface area contributed by atoms with E-state index in [1.54, 1.807) is 6.07 Å². The number of hydrogen-bond acceptors (Lipinski definition) is 5. The van der Waals surface area contributed by atoms with Crippen molar-refractivity contribution in [3.8, 4) is 5.75 Å². The molecule has 150 valence electrons. The number of aliphatic hydroxyl groups is 1. The van der Waals surface area contributed by atoms with E-state index in [-0.39, 0.29) is 35.8 Å². The number of carbonyl (C=O) groups excluding carboxylic acids is 2. The standard InChI is InChI=1S/C19H21ClFN3O4/c20-16-4-3-15(10-17(16)21)28-12-18(26)23-6-1-2-7-24-19(27)13-5-8-22-14(9-13)11-25/h3-5,8-10,25H,1-2,6-7,11-12H2,(H,23,26)(H,24,27). The van der Waals surface area contributed by atoms with E-state index in [1.807, 2.05) is 0 Å². The number of aromatic nitrogens is 1. The van der Waals surface area contributed by atoms with Crippen LogP contribution in [0.4, 0.5) is 4.39 Å². The van der Waals surface area contributed by atoms with Crippen LogP contribution >= 0.6 is 11.6 Å². The van der Waals surface area contributed by atoms with E-state index in [2.05, 4.69) is 15.6 Å². The largest absolute Gasteiger partial charge is 0.484 e. The summed E-state index contributed by atoms with van der Waals surface area (Å²) in [5.41, 5.74) is 0.863. The van der Waals surface area contributed by atoms with Gasteiger partial charge in [-0.1, -0.05) is 11.6 Å². The number of benzene rings is 1. The molecule has 0 saturated carbocycles. The summed E-state index contributed by atoms with van der Waals surface area (Å²) in [6.45, 7) is 0.424. The molecule has 0 spiro atoms. The predicted octanol–water partition coefficient (Wildman–Crippen LogP) is 2.07. The minimum absolute atomic E-state index is 0.0124. The highest BCUT2D eigenvalue weighted by Crippen LogP contribution is 2.20. The van der Waals surface area contributed by atoms with E-state index in [1.165, 1.54) is 24.4 Å². The Balaban J connectivity index is 1.57. The first kappa shape index (κ1) is 21.6. The molecule has 3 N–H and O–H groups in total. The number of carbonyl (C=O) groups is 2. The number of nitrogens with one attached hydrogen (secondary N) is 2. The van der Waals surface area contributed by atoms with Crippen molar-refractivity contribution in [1.82, 2.24) is 15.6 Å². The minimum Gasteiger partial charge on any atom is -0.484 e. The highest BCUT2D eigenvalue weighted by atomic mass is 35.5. The molecule has 0 fully saturated rings. The molecule has 1 aromatic heterocycles. The average Bonchev–Trinajstić information content (AvgIpc) is 2.71. The lowest BCUT2D eigenvalue weighted by atomic mass is 10.2. The van der Waals surface area contributed by atoms with Crippen LogP contribution in [0.1, 0.15) is 28.9 Å². The quantitative estimate of drug-likeness (QED) is 0.521. The summed E-state index contributed by atoms with van der Waals surface area (Å²) in [5.74, 6) is -0.960. The predicted molar refractivity (Wildman–Crippen MR) is 102 cm³/mol. The minimum atomic E-state index is -0.610. The zero-order chi connectivity index (χ0) is 20.4. The molecule has 2 rings (SSSR count). The Hall–Kier alpha value is -2.71. The monoisotopic (exact) mass is 409 g/mol. The number of nitrogens with zero attached hydrogens (tertiary/aromatic N) is 1. The molecule has 0 unspecified atom stereocenters. The molecule has 1 heterocycles. The van der Waals surface area contributed by atoms with Crippen LogP contribution < -0.4 is 15.4 Å². The maximum atomic E-state index is 13.3. The molecule has 0 saturated heterocycles. The molecule has 0 atom stereocenters. The van der Waals surface area contributed by atoms with Crippen molar-refractivity contribution >= 4 is 23.4 Å². The number of ether oxygens (including phenoxy) is 1. The van der Waals surface area contributed by atoms with E-state index in [4.69, 9.17) is 21.4 Å². The fourth-order valence-corrected chi connectivity index (χ4v) is 2.37. The van der Waals surface area contributed by atoms with E-state index < -0.39 is 5.82 Å². The van der Waals surface area contributed by atoms with Crippen LogP contribution in [0.2, 0.25) is 5.02 Å². The first-order valence-corrected chi connectivity index (χ1v) is 9.06. The third kappa shape index (κ3) is 7.13. The number of amides is 2. The normalized spacial score (nSPS) is 10.4. The summed E-state index contributed by atoms with van der Waals surface area (Å²) in [6, 6.07) is 7.05. The molecule has 0 aliphatic rings. The van der Waals surface area contributed by atoms with Crippen LogP contribution in [0.25, 0.3) is 0 Å². The van der Waals surface area contributed by atoms with E-state index in [0.29, 0.717) is 37.2 Å². The molecule has 28 heavy (non-hydrogen) atoms. The Kier molecular flexibility index (Phi) is 8.64. The van der Waals surface area contributed by atoms with Gasteiger partial charge in [-0.25, -0.2) is 4.39 Å². The molecular formula is C19H21ClFN3O4. The van der Waals surface area contributed by atoms with Crippen molar-refractivity contribution < 1.29 is 23.8 Å². The van der Waals surface area contributed by atoms with Crippen LogP contribution in [0.5, 0.6) is 5.75 Å². The van der Waals surface area contributed by atoms with Gasteiger partial charge >= 0.3 is 0 Å². The summed E-state index contributed by atoms with van der Waals surface area (Å²) < 4.78 is 18.5. The van der Waals surface area contributed by atoms with Gasteiger partial charge in [0.2, 0.25) is 0 Å². The number of rotatable bonds is 10. The van der Waals surface area contributed by atoms with Crippen molar-refractivity contribution in [2.45, 2.75) is 19.4 Å². The van der Waals surface area contributed by atoms with Crippen LogP contribution in [0.3, 0.4) is 0 Å². The molecule has 0 bridgehead atoms. The Labute approximate surface area is 166 Å². The lowest BCUT2D eigenvalue weighted by Gasteiger charge is -2.08. The fourth-order valence-electron chi connectivity index (χ4n) is 2.25. The van der Waals surface area contributed by atoms with Gasteiger partial charge in [-0.2, -0.15) is 0 Å². The first-order chi connectivity index (χ1) is 13.5. The summed E-state index contributed by atoms with van der Waals surface area (Å²) in [4.78, 5) is 27.6. The maximum absolute atomic E-state index is 13.3. The third-order valence-electron chi connectivity index (χ3n) is 3.71. The van der Waals surface area contributed by atoms with Gasteiger partial charge in [-0.05, 0) is 37.1 Å². The molecular weight excluding hydrogens is 389 g/mol. The Morgan fingerprint density at radius 1 is 1.14 bits per heavy atom. The zero-order valence-electron chi connectivity index (χ0n) is 15.1. The van der Waals surface area contributed by atoms with Gasteiger partial charge in [-0.15, -0.1) is 0 Å². The highest BCUT2D eigenvalue weighted by Gasteiger charge is 2.07. The number of hydrogen-bond donors (Lipinski definition) is 3. The second-order valence-corrected chi connectivity index (χ2v) is 6.28. The second-order valence-electron chi connectivity index (χ2n) is 5.87.